The van der Waals surface area contributed by atoms with E-state index >= 15 is 0 Å². The summed E-state index contributed by atoms with van der Waals surface area (Å²) in [5.74, 6) is -0.640. The molecule has 1 fully saturated rings. The van der Waals surface area contributed by atoms with Crippen molar-refractivity contribution in [2.75, 3.05) is 40.5 Å². The van der Waals surface area contributed by atoms with Gasteiger partial charge in [-0.25, -0.2) is 4.79 Å². The van der Waals surface area contributed by atoms with Crippen molar-refractivity contribution < 1.29 is 28.4 Å². The minimum absolute atomic E-state index is 0.116. The maximum atomic E-state index is 13.2. The van der Waals surface area contributed by atoms with Crippen LogP contribution in [-0.2, 0) is 13.8 Å². The summed E-state index contributed by atoms with van der Waals surface area (Å²) in [5, 5.41) is 11.7. The predicted octanol–water partition coefficient (Wildman–Crippen LogP) is 3.45. The number of esters is 1. The Bertz CT molecular complexity index is 1090. The summed E-state index contributed by atoms with van der Waals surface area (Å²) in [6.07, 6.45) is 0. The average Bonchev–Trinajstić information content (AvgIpc) is 2.75. The number of carbonyl (C=O) groups is 1. The highest BCUT2D eigenvalue weighted by atomic mass is 31.2. The Labute approximate surface area is 199 Å². The first-order valence-electron chi connectivity index (χ1n) is 10.8. The molecule has 1 N–H and O–H groups in total. The van der Waals surface area contributed by atoms with E-state index in [0.29, 0.717) is 23.5 Å². The molecule has 2 aromatic rings. The summed E-state index contributed by atoms with van der Waals surface area (Å²) < 4.78 is 17.3. The predicted molar refractivity (Wildman–Crippen MR) is 129 cm³/mol. The van der Waals surface area contributed by atoms with E-state index in [0.717, 1.165) is 0 Å². The number of nitro benzene ring substituents is 1. The quantitative estimate of drug-likeness (QED) is 0.268. The molecule has 10 nitrogen and oxygen atoms in total. The molecular weight excluding hydrogens is 461 g/mol. The largest absolute Gasteiger partial charge is 0.461 e. The first kappa shape index (κ1) is 26.1. The molecule has 0 unspecified atom stereocenters. The van der Waals surface area contributed by atoms with Gasteiger partial charge in [0.25, 0.3) is 5.69 Å². The fourth-order valence-corrected chi connectivity index (χ4v) is 5.98. The molecule has 2 heterocycles. The first-order chi connectivity index (χ1) is 15.8. The Morgan fingerprint density at radius 3 is 2.50 bits per heavy atom. The molecule has 1 saturated heterocycles. The normalized spacial score (nSPS) is 16.9. The molecule has 0 aliphatic carbocycles. The SMILES string of the molecule is Cc1nc(C)c([P+]2(O)OCC(C)(C)CO2)c(-c2cccc([N+](=O)[O-])c2)c1C(=O)OCCN(C)C. The highest BCUT2D eigenvalue weighted by Gasteiger charge is 2.55. The molecule has 0 bridgehead atoms. The van der Waals surface area contributed by atoms with Crippen molar-refractivity contribution in [1.82, 2.24) is 9.88 Å². The number of nitrogens with zero attached hydrogens (tertiary/aromatic N) is 3. The van der Waals surface area contributed by atoms with E-state index in [1.807, 2.05) is 32.8 Å². The standard InChI is InChI=1S/C23H31N3O7P/c1-15-19(22(27)31-11-10-25(5)6)20(17-8-7-9-18(12-17)26(28)29)21(16(2)24-15)34(30)32-13-23(3,4)14-33-34/h7-9,12,30H,10-11,13-14H2,1-6H3/q+1. The van der Waals surface area contributed by atoms with Gasteiger partial charge in [-0.2, -0.15) is 13.9 Å². The number of aryl methyl sites for hydroxylation is 2. The van der Waals surface area contributed by atoms with Gasteiger partial charge in [0.05, 0.1) is 27.4 Å². The molecule has 1 aromatic carbocycles. The van der Waals surface area contributed by atoms with Gasteiger partial charge in [0.15, 0.2) is 0 Å². The molecule has 1 aliphatic rings. The van der Waals surface area contributed by atoms with Crippen LogP contribution in [0.3, 0.4) is 0 Å². The highest BCUT2D eigenvalue weighted by molar-refractivity contribution is 7.69. The van der Waals surface area contributed by atoms with E-state index in [1.165, 1.54) is 18.2 Å². The minimum Gasteiger partial charge on any atom is -0.461 e. The van der Waals surface area contributed by atoms with Crippen LogP contribution >= 0.6 is 7.94 Å². The molecule has 11 heteroatoms. The summed E-state index contributed by atoms with van der Waals surface area (Å²) in [7, 11) is 0.0674. The number of likely N-dealkylation sites (N-methyl/N-ethyl adjacent to an activating group) is 1. The number of pyridine rings is 1. The molecule has 184 valence electrons. The van der Waals surface area contributed by atoms with Crippen molar-refractivity contribution in [3.63, 3.8) is 0 Å². The number of carbonyl (C=O) groups excluding carboxylic acids is 1. The number of hydrogen-bond acceptors (Lipinski definition) is 9. The molecular formula is C23H31N3O7P+. The summed E-state index contributed by atoms with van der Waals surface area (Å²) in [6, 6.07) is 5.88. The van der Waals surface area contributed by atoms with E-state index in [4.69, 9.17) is 13.8 Å². The average molecular weight is 492 g/mol. The van der Waals surface area contributed by atoms with Crippen molar-refractivity contribution in [1.29, 1.82) is 0 Å². The minimum atomic E-state index is -3.65. The van der Waals surface area contributed by atoms with Crippen molar-refractivity contribution in [3.8, 4) is 11.1 Å². The third-order valence-corrected chi connectivity index (χ3v) is 7.46. The maximum Gasteiger partial charge on any atom is 0.448 e. The second kappa shape index (κ2) is 10.0. The van der Waals surface area contributed by atoms with Gasteiger partial charge in [-0.3, -0.25) is 15.1 Å². The van der Waals surface area contributed by atoms with Crippen LogP contribution in [0.15, 0.2) is 24.3 Å². The fraction of sp³-hybridized carbons (Fsp3) is 0.478. The van der Waals surface area contributed by atoms with Gasteiger partial charge in [0.2, 0.25) is 5.30 Å². The van der Waals surface area contributed by atoms with Crippen molar-refractivity contribution in [2.24, 2.45) is 5.41 Å². The summed E-state index contributed by atoms with van der Waals surface area (Å²) in [5.41, 5.74) is 1.09. The molecule has 0 atom stereocenters. The lowest BCUT2D eigenvalue weighted by Crippen LogP contribution is -2.36. The fourth-order valence-electron chi connectivity index (χ4n) is 3.62. The lowest BCUT2D eigenvalue weighted by molar-refractivity contribution is -0.384. The Kier molecular flexibility index (Phi) is 7.69. The lowest BCUT2D eigenvalue weighted by atomic mass is 9.97. The highest BCUT2D eigenvalue weighted by Crippen LogP contribution is 2.62. The monoisotopic (exact) mass is 492 g/mol. The van der Waals surface area contributed by atoms with Gasteiger partial charge in [-0.05, 0) is 33.5 Å². The van der Waals surface area contributed by atoms with Crippen LogP contribution in [0.5, 0.6) is 0 Å². The van der Waals surface area contributed by atoms with Crippen LogP contribution in [0, 0.1) is 29.4 Å². The molecule has 0 radical (unpaired) electrons. The van der Waals surface area contributed by atoms with E-state index in [2.05, 4.69) is 4.98 Å². The third kappa shape index (κ3) is 5.59. The number of non-ortho nitro benzene ring substituents is 1. The van der Waals surface area contributed by atoms with Crippen LogP contribution in [-0.4, -0.2) is 66.1 Å². The lowest BCUT2D eigenvalue weighted by Gasteiger charge is -2.32. The van der Waals surface area contributed by atoms with Gasteiger partial charge in [-0.1, -0.05) is 26.0 Å². The summed E-state index contributed by atoms with van der Waals surface area (Å²) in [4.78, 5) is 42.1. The van der Waals surface area contributed by atoms with Gasteiger partial charge >= 0.3 is 13.9 Å². The number of rotatable bonds is 7. The zero-order valence-electron chi connectivity index (χ0n) is 20.3. The Morgan fingerprint density at radius 2 is 1.91 bits per heavy atom. The molecule has 1 aromatic heterocycles. The molecule has 3 rings (SSSR count). The molecule has 0 spiro atoms. The zero-order chi connectivity index (χ0) is 25.3. The van der Waals surface area contributed by atoms with Gasteiger partial charge in [0, 0.05) is 24.1 Å². The van der Waals surface area contributed by atoms with Gasteiger partial charge in [0.1, 0.15) is 19.8 Å². The smallest absolute Gasteiger partial charge is 0.448 e. The molecule has 0 saturated carbocycles. The Morgan fingerprint density at radius 1 is 1.26 bits per heavy atom. The number of benzene rings is 1. The molecule has 34 heavy (non-hydrogen) atoms. The van der Waals surface area contributed by atoms with E-state index < -0.39 is 18.8 Å². The molecule has 0 amide bonds. The summed E-state index contributed by atoms with van der Waals surface area (Å²) >= 11 is 0. The van der Waals surface area contributed by atoms with E-state index in [-0.39, 0.29) is 47.4 Å². The van der Waals surface area contributed by atoms with Crippen LogP contribution in [0.25, 0.3) is 11.1 Å². The maximum absolute atomic E-state index is 13.2. The molecule has 1 aliphatic heterocycles. The second-order valence-electron chi connectivity index (χ2n) is 9.36. The topological polar surface area (TPSA) is 124 Å². The number of aromatic nitrogens is 1. The van der Waals surface area contributed by atoms with Gasteiger partial charge in [-0.15, -0.1) is 0 Å². The van der Waals surface area contributed by atoms with Gasteiger partial charge < -0.3 is 9.64 Å². The number of hydrogen-bond donors (Lipinski definition) is 1. The third-order valence-electron chi connectivity index (χ3n) is 5.39. The van der Waals surface area contributed by atoms with Crippen molar-refractivity contribution in [3.05, 3.63) is 51.3 Å². The van der Waals surface area contributed by atoms with Crippen LogP contribution < -0.4 is 5.30 Å². The number of ether oxygens (including phenoxy) is 1. The Balaban J connectivity index is 2.24. The second-order valence-corrected chi connectivity index (χ2v) is 11.4. The Hall–Kier alpha value is -2.49. The number of nitro groups is 1. The van der Waals surface area contributed by atoms with Crippen LogP contribution in [0.4, 0.5) is 5.69 Å². The van der Waals surface area contributed by atoms with Crippen LogP contribution in [0.1, 0.15) is 35.6 Å². The zero-order valence-corrected chi connectivity index (χ0v) is 21.2. The van der Waals surface area contributed by atoms with E-state index in [1.54, 1.807) is 19.9 Å². The first-order valence-corrected chi connectivity index (χ1v) is 12.4. The van der Waals surface area contributed by atoms with Crippen molar-refractivity contribution in [2.45, 2.75) is 27.7 Å². The van der Waals surface area contributed by atoms with Crippen LogP contribution in [0.2, 0.25) is 0 Å². The van der Waals surface area contributed by atoms with Crippen molar-refractivity contribution >= 4 is 24.9 Å². The summed E-state index contributed by atoms with van der Waals surface area (Å²) in [6.45, 7) is 8.38. The van der Waals surface area contributed by atoms with E-state index in [9.17, 15) is 19.8 Å².